The fourth-order valence-corrected chi connectivity index (χ4v) is 1.99. The summed E-state index contributed by atoms with van der Waals surface area (Å²) >= 11 is 0. The molecule has 0 aromatic carbocycles. The zero-order valence-corrected chi connectivity index (χ0v) is 9.82. The lowest BCUT2D eigenvalue weighted by Gasteiger charge is -2.22. The Morgan fingerprint density at radius 1 is 1.62 bits per heavy atom. The molecule has 16 heavy (non-hydrogen) atoms. The zero-order chi connectivity index (χ0) is 11.5. The van der Waals surface area contributed by atoms with Crippen molar-refractivity contribution in [2.45, 2.75) is 25.8 Å². The Balaban J connectivity index is 2.05. The number of nitrogens with one attached hydrogen (secondary N) is 1. The Kier molecular flexibility index (Phi) is 3.29. The molecule has 1 saturated heterocycles. The summed E-state index contributed by atoms with van der Waals surface area (Å²) in [7, 11) is 1.84. The average Bonchev–Trinajstić information content (AvgIpc) is 2.97. The largest absolute Gasteiger partial charge is 0.456 e. The summed E-state index contributed by atoms with van der Waals surface area (Å²) in [4.78, 5) is 13.8. The van der Waals surface area contributed by atoms with Crippen LogP contribution < -0.4 is 5.32 Å². The maximum absolute atomic E-state index is 12.1. The lowest BCUT2D eigenvalue weighted by molar-refractivity contribution is 0.0710. The van der Waals surface area contributed by atoms with Gasteiger partial charge >= 0.3 is 0 Å². The maximum Gasteiger partial charge on any atom is 0.289 e. The van der Waals surface area contributed by atoms with E-state index in [2.05, 4.69) is 5.32 Å². The van der Waals surface area contributed by atoms with Crippen LogP contribution in [0.4, 0.5) is 0 Å². The van der Waals surface area contributed by atoms with Crippen molar-refractivity contribution in [1.29, 1.82) is 0 Å². The predicted octanol–water partition coefficient (Wildman–Crippen LogP) is 1.28. The summed E-state index contributed by atoms with van der Waals surface area (Å²) in [6, 6.07) is 3.93. The first-order valence-corrected chi connectivity index (χ1v) is 5.79. The van der Waals surface area contributed by atoms with Gasteiger partial charge in [0.2, 0.25) is 0 Å². The van der Waals surface area contributed by atoms with E-state index in [0.717, 1.165) is 31.7 Å². The van der Waals surface area contributed by atoms with E-state index in [1.165, 1.54) is 0 Å². The van der Waals surface area contributed by atoms with Gasteiger partial charge in [-0.2, -0.15) is 0 Å². The number of carbonyl (C=O) groups is 1. The number of aryl methyl sites for hydroxylation is 1. The smallest absolute Gasteiger partial charge is 0.289 e. The fraction of sp³-hybridized carbons (Fsp3) is 0.583. The third-order valence-corrected chi connectivity index (χ3v) is 3.12. The molecule has 0 radical (unpaired) electrons. The molecule has 1 aliphatic heterocycles. The minimum atomic E-state index is -0.0200. The van der Waals surface area contributed by atoms with Gasteiger partial charge in [0.05, 0.1) is 0 Å². The van der Waals surface area contributed by atoms with Crippen LogP contribution in [0.1, 0.15) is 29.7 Å². The Hall–Kier alpha value is -1.29. The van der Waals surface area contributed by atoms with Crippen molar-refractivity contribution in [2.24, 2.45) is 0 Å². The van der Waals surface area contributed by atoms with E-state index in [1.54, 1.807) is 11.0 Å². The van der Waals surface area contributed by atoms with Crippen molar-refractivity contribution in [3.63, 3.8) is 0 Å². The molecule has 88 valence electrons. The monoisotopic (exact) mass is 222 g/mol. The number of rotatable bonds is 3. The molecule has 2 heterocycles. The highest BCUT2D eigenvalue weighted by Gasteiger charge is 2.25. The number of likely N-dealkylation sites (N-methyl/N-ethyl adjacent to an activating group) is 1. The van der Waals surface area contributed by atoms with E-state index in [0.29, 0.717) is 11.8 Å². The second-order valence-corrected chi connectivity index (χ2v) is 4.18. The molecule has 1 atom stereocenters. The van der Waals surface area contributed by atoms with Crippen molar-refractivity contribution in [3.05, 3.63) is 23.7 Å². The number of hydrogen-bond acceptors (Lipinski definition) is 3. The molecule has 1 amide bonds. The normalized spacial score (nSPS) is 20.0. The maximum atomic E-state index is 12.1. The van der Waals surface area contributed by atoms with Crippen LogP contribution in [0.3, 0.4) is 0 Å². The zero-order valence-electron chi connectivity index (χ0n) is 9.82. The molecular formula is C12H18N2O2. The number of carbonyl (C=O) groups excluding carboxylic acids is 1. The third kappa shape index (κ3) is 2.11. The molecule has 1 aromatic rings. The fourth-order valence-electron chi connectivity index (χ4n) is 1.99. The molecule has 2 rings (SSSR count). The van der Waals surface area contributed by atoms with Crippen LogP contribution in [-0.2, 0) is 6.42 Å². The van der Waals surface area contributed by atoms with Gasteiger partial charge < -0.3 is 14.6 Å². The summed E-state index contributed by atoms with van der Waals surface area (Å²) < 4.78 is 5.46. The Morgan fingerprint density at radius 3 is 3.00 bits per heavy atom. The van der Waals surface area contributed by atoms with Gasteiger partial charge in [-0.1, -0.05) is 6.92 Å². The number of hydrogen-bond donors (Lipinski definition) is 1. The van der Waals surface area contributed by atoms with Gasteiger partial charge in [0.1, 0.15) is 5.76 Å². The molecule has 4 nitrogen and oxygen atoms in total. The van der Waals surface area contributed by atoms with E-state index in [1.807, 2.05) is 20.0 Å². The minimum absolute atomic E-state index is 0.0200. The SMILES string of the molecule is CCc1ccc(C(=O)N(C)C2CCNC2)o1. The molecule has 0 saturated carbocycles. The van der Waals surface area contributed by atoms with Crippen LogP contribution in [0.25, 0.3) is 0 Å². The summed E-state index contributed by atoms with van der Waals surface area (Å²) in [6.45, 7) is 3.88. The predicted molar refractivity (Wildman–Crippen MR) is 61.5 cm³/mol. The Morgan fingerprint density at radius 2 is 2.44 bits per heavy atom. The molecule has 1 N–H and O–H groups in total. The molecule has 0 aliphatic carbocycles. The molecule has 0 spiro atoms. The third-order valence-electron chi connectivity index (χ3n) is 3.12. The molecule has 1 fully saturated rings. The average molecular weight is 222 g/mol. The van der Waals surface area contributed by atoms with Crippen molar-refractivity contribution in [3.8, 4) is 0 Å². The van der Waals surface area contributed by atoms with Crippen LogP contribution in [0.2, 0.25) is 0 Å². The minimum Gasteiger partial charge on any atom is -0.456 e. The van der Waals surface area contributed by atoms with Gasteiger partial charge in [-0.15, -0.1) is 0 Å². The van der Waals surface area contributed by atoms with Gasteiger partial charge in [-0.3, -0.25) is 4.79 Å². The van der Waals surface area contributed by atoms with Crippen LogP contribution in [0.5, 0.6) is 0 Å². The molecule has 1 aliphatic rings. The molecule has 1 unspecified atom stereocenters. The van der Waals surface area contributed by atoms with Crippen LogP contribution in [-0.4, -0.2) is 37.0 Å². The Labute approximate surface area is 95.6 Å². The lowest BCUT2D eigenvalue weighted by Crippen LogP contribution is -2.38. The molecular weight excluding hydrogens is 204 g/mol. The van der Waals surface area contributed by atoms with Gasteiger partial charge in [0.15, 0.2) is 5.76 Å². The highest BCUT2D eigenvalue weighted by atomic mass is 16.4. The first-order chi connectivity index (χ1) is 7.72. The van der Waals surface area contributed by atoms with Gasteiger partial charge in [0, 0.05) is 26.1 Å². The molecule has 4 heteroatoms. The summed E-state index contributed by atoms with van der Waals surface area (Å²) in [5.74, 6) is 1.29. The summed E-state index contributed by atoms with van der Waals surface area (Å²) in [5, 5.41) is 3.25. The van der Waals surface area contributed by atoms with Crippen LogP contribution in [0.15, 0.2) is 16.5 Å². The van der Waals surface area contributed by atoms with Crippen LogP contribution in [0, 0.1) is 0 Å². The van der Waals surface area contributed by atoms with Crippen molar-refractivity contribution >= 4 is 5.91 Å². The first-order valence-electron chi connectivity index (χ1n) is 5.79. The van der Waals surface area contributed by atoms with Crippen molar-refractivity contribution in [2.75, 3.05) is 20.1 Å². The molecule has 0 bridgehead atoms. The highest BCUT2D eigenvalue weighted by Crippen LogP contribution is 2.14. The van der Waals surface area contributed by atoms with Gasteiger partial charge in [-0.25, -0.2) is 0 Å². The van der Waals surface area contributed by atoms with Crippen LogP contribution >= 0.6 is 0 Å². The van der Waals surface area contributed by atoms with Gasteiger partial charge in [0.25, 0.3) is 5.91 Å². The van der Waals surface area contributed by atoms with Crippen molar-refractivity contribution < 1.29 is 9.21 Å². The number of amides is 1. The lowest BCUT2D eigenvalue weighted by atomic mass is 10.2. The summed E-state index contributed by atoms with van der Waals surface area (Å²) in [6.07, 6.45) is 1.84. The second kappa shape index (κ2) is 4.70. The van der Waals surface area contributed by atoms with E-state index >= 15 is 0 Å². The topological polar surface area (TPSA) is 45.5 Å². The molecule has 1 aromatic heterocycles. The Bertz CT molecular complexity index is 367. The van der Waals surface area contributed by atoms with E-state index < -0.39 is 0 Å². The summed E-state index contributed by atoms with van der Waals surface area (Å²) in [5.41, 5.74) is 0. The van der Waals surface area contributed by atoms with E-state index in [-0.39, 0.29) is 5.91 Å². The number of nitrogens with zero attached hydrogens (tertiary/aromatic N) is 1. The standard InChI is InChI=1S/C12H18N2O2/c1-3-10-4-5-11(16-10)12(15)14(2)9-6-7-13-8-9/h4-5,9,13H,3,6-8H2,1-2H3. The van der Waals surface area contributed by atoms with Crippen molar-refractivity contribution in [1.82, 2.24) is 10.2 Å². The van der Waals surface area contributed by atoms with E-state index in [4.69, 9.17) is 4.42 Å². The highest BCUT2D eigenvalue weighted by molar-refractivity contribution is 5.91. The number of furan rings is 1. The quantitative estimate of drug-likeness (QED) is 0.838. The second-order valence-electron chi connectivity index (χ2n) is 4.18. The first kappa shape index (κ1) is 11.2. The van der Waals surface area contributed by atoms with Gasteiger partial charge in [-0.05, 0) is 25.1 Å². The van der Waals surface area contributed by atoms with E-state index in [9.17, 15) is 4.79 Å².